The van der Waals surface area contributed by atoms with Gasteiger partial charge in [-0.05, 0) is 43.6 Å². The van der Waals surface area contributed by atoms with Crippen molar-refractivity contribution in [2.24, 2.45) is 17.3 Å². The van der Waals surface area contributed by atoms with Crippen LogP contribution in [0.4, 0.5) is 0 Å². The minimum atomic E-state index is 0.210. The van der Waals surface area contributed by atoms with Crippen LogP contribution < -0.4 is 10.6 Å². The van der Waals surface area contributed by atoms with Gasteiger partial charge in [-0.25, -0.2) is 0 Å². The maximum absolute atomic E-state index is 11.9. The Hall–Kier alpha value is -0.570. The van der Waals surface area contributed by atoms with E-state index in [4.69, 9.17) is 0 Å². The molecule has 1 saturated carbocycles. The Balaban J connectivity index is 1.78. The van der Waals surface area contributed by atoms with Crippen LogP contribution in [0.3, 0.4) is 0 Å². The normalized spacial score (nSPS) is 29.7. The SMILES string of the molecule is CC(C(=O)NCC1NCCCC1(C)C)C1CC1. The van der Waals surface area contributed by atoms with Crippen LogP contribution in [0.5, 0.6) is 0 Å². The number of hydrogen-bond acceptors (Lipinski definition) is 2. The van der Waals surface area contributed by atoms with Gasteiger partial charge in [0, 0.05) is 18.5 Å². The van der Waals surface area contributed by atoms with E-state index in [-0.39, 0.29) is 11.8 Å². The standard InChI is InChI=1S/C14H26N2O/c1-10(11-5-6-11)13(17)16-9-12-14(2,3)7-4-8-15-12/h10-12,15H,4-9H2,1-3H3,(H,16,17). The fourth-order valence-electron chi connectivity index (χ4n) is 2.79. The van der Waals surface area contributed by atoms with Crippen molar-refractivity contribution in [3.05, 3.63) is 0 Å². The van der Waals surface area contributed by atoms with Gasteiger partial charge in [-0.15, -0.1) is 0 Å². The maximum atomic E-state index is 11.9. The summed E-state index contributed by atoms with van der Waals surface area (Å²) >= 11 is 0. The van der Waals surface area contributed by atoms with E-state index in [9.17, 15) is 4.79 Å². The second-order valence-corrected chi connectivity index (χ2v) is 6.47. The van der Waals surface area contributed by atoms with Crippen molar-refractivity contribution >= 4 is 5.91 Å². The molecule has 2 unspecified atom stereocenters. The zero-order chi connectivity index (χ0) is 12.5. The molecule has 0 aromatic carbocycles. The van der Waals surface area contributed by atoms with Crippen molar-refractivity contribution in [3.63, 3.8) is 0 Å². The number of amides is 1. The molecule has 3 nitrogen and oxygen atoms in total. The van der Waals surface area contributed by atoms with Crippen molar-refractivity contribution in [2.75, 3.05) is 13.1 Å². The Morgan fingerprint density at radius 1 is 1.47 bits per heavy atom. The number of nitrogens with one attached hydrogen (secondary N) is 2. The summed E-state index contributed by atoms with van der Waals surface area (Å²) in [6, 6.07) is 0.423. The van der Waals surface area contributed by atoms with Gasteiger partial charge in [-0.1, -0.05) is 20.8 Å². The molecular formula is C14H26N2O. The van der Waals surface area contributed by atoms with Gasteiger partial charge in [-0.2, -0.15) is 0 Å². The third kappa shape index (κ3) is 3.21. The zero-order valence-electron chi connectivity index (χ0n) is 11.4. The second-order valence-electron chi connectivity index (χ2n) is 6.47. The van der Waals surface area contributed by atoms with Gasteiger partial charge in [0.2, 0.25) is 5.91 Å². The molecule has 3 heteroatoms. The smallest absolute Gasteiger partial charge is 0.223 e. The molecule has 0 aromatic rings. The van der Waals surface area contributed by atoms with Crippen molar-refractivity contribution in [1.82, 2.24) is 10.6 Å². The fourth-order valence-corrected chi connectivity index (χ4v) is 2.79. The molecule has 1 amide bonds. The lowest BCUT2D eigenvalue weighted by atomic mass is 9.77. The minimum absolute atomic E-state index is 0.210. The molecular weight excluding hydrogens is 212 g/mol. The molecule has 2 aliphatic rings. The average Bonchev–Trinajstić information content (AvgIpc) is 3.09. The first kappa shape index (κ1) is 12.9. The van der Waals surface area contributed by atoms with Gasteiger partial charge >= 0.3 is 0 Å². The summed E-state index contributed by atoms with van der Waals surface area (Å²) < 4.78 is 0. The van der Waals surface area contributed by atoms with Crippen molar-refractivity contribution in [2.45, 2.75) is 52.5 Å². The van der Waals surface area contributed by atoms with Crippen molar-refractivity contribution < 1.29 is 4.79 Å². The molecule has 0 aromatic heterocycles. The largest absolute Gasteiger partial charge is 0.354 e. The molecule has 17 heavy (non-hydrogen) atoms. The first-order valence-electron chi connectivity index (χ1n) is 7.02. The molecule has 98 valence electrons. The Morgan fingerprint density at radius 3 is 2.76 bits per heavy atom. The highest BCUT2D eigenvalue weighted by Crippen LogP contribution is 2.36. The molecule has 2 atom stereocenters. The van der Waals surface area contributed by atoms with Gasteiger partial charge in [0.05, 0.1) is 0 Å². The number of rotatable bonds is 4. The van der Waals surface area contributed by atoms with Crippen LogP contribution in [-0.2, 0) is 4.79 Å². The van der Waals surface area contributed by atoms with E-state index in [1.807, 2.05) is 0 Å². The summed E-state index contributed by atoms with van der Waals surface area (Å²) in [6.45, 7) is 8.51. The van der Waals surface area contributed by atoms with E-state index >= 15 is 0 Å². The van der Waals surface area contributed by atoms with E-state index in [2.05, 4.69) is 31.4 Å². The maximum Gasteiger partial charge on any atom is 0.223 e. The summed E-state index contributed by atoms with van der Waals surface area (Å²) in [4.78, 5) is 11.9. The Morgan fingerprint density at radius 2 is 2.18 bits per heavy atom. The highest BCUT2D eigenvalue weighted by Gasteiger charge is 2.35. The molecule has 1 saturated heterocycles. The topological polar surface area (TPSA) is 41.1 Å². The highest BCUT2D eigenvalue weighted by atomic mass is 16.1. The number of hydrogen-bond donors (Lipinski definition) is 2. The zero-order valence-corrected chi connectivity index (χ0v) is 11.4. The third-order valence-electron chi connectivity index (χ3n) is 4.56. The van der Waals surface area contributed by atoms with Crippen LogP contribution in [-0.4, -0.2) is 25.0 Å². The molecule has 0 spiro atoms. The minimum Gasteiger partial charge on any atom is -0.354 e. The lowest BCUT2D eigenvalue weighted by molar-refractivity contribution is -0.125. The Bertz CT molecular complexity index is 284. The van der Waals surface area contributed by atoms with Crippen LogP contribution >= 0.6 is 0 Å². The monoisotopic (exact) mass is 238 g/mol. The molecule has 1 heterocycles. The molecule has 1 aliphatic heterocycles. The van der Waals surface area contributed by atoms with Crippen LogP contribution in [0.2, 0.25) is 0 Å². The number of carbonyl (C=O) groups is 1. The van der Waals surface area contributed by atoms with Gasteiger partial charge < -0.3 is 10.6 Å². The van der Waals surface area contributed by atoms with Crippen LogP contribution in [0.1, 0.15) is 46.5 Å². The Labute approximate surface area is 105 Å². The van der Waals surface area contributed by atoms with Gasteiger partial charge in [0.25, 0.3) is 0 Å². The molecule has 0 radical (unpaired) electrons. The predicted octanol–water partition coefficient (Wildman–Crippen LogP) is 1.93. The van der Waals surface area contributed by atoms with Gasteiger partial charge in [0.15, 0.2) is 0 Å². The predicted molar refractivity (Wildman–Crippen MR) is 69.7 cm³/mol. The van der Waals surface area contributed by atoms with Crippen LogP contribution in [0.15, 0.2) is 0 Å². The van der Waals surface area contributed by atoms with E-state index in [1.165, 1.54) is 25.7 Å². The van der Waals surface area contributed by atoms with Crippen molar-refractivity contribution in [1.29, 1.82) is 0 Å². The summed E-state index contributed by atoms with van der Waals surface area (Å²) in [5.41, 5.74) is 0.300. The van der Waals surface area contributed by atoms with Crippen LogP contribution in [0, 0.1) is 17.3 Å². The number of piperidine rings is 1. The second kappa shape index (κ2) is 4.97. The third-order valence-corrected chi connectivity index (χ3v) is 4.56. The molecule has 2 rings (SSSR count). The molecule has 0 bridgehead atoms. The van der Waals surface area contributed by atoms with Crippen LogP contribution in [0.25, 0.3) is 0 Å². The summed E-state index contributed by atoms with van der Waals surface area (Å²) in [6.07, 6.45) is 4.97. The lowest BCUT2D eigenvalue weighted by Gasteiger charge is -2.39. The Kier molecular flexibility index (Phi) is 3.76. The van der Waals surface area contributed by atoms with E-state index < -0.39 is 0 Å². The van der Waals surface area contributed by atoms with E-state index in [0.717, 1.165) is 13.1 Å². The summed E-state index contributed by atoms with van der Waals surface area (Å²) in [7, 11) is 0. The summed E-state index contributed by atoms with van der Waals surface area (Å²) in [5.74, 6) is 1.11. The van der Waals surface area contributed by atoms with E-state index in [0.29, 0.717) is 17.4 Å². The summed E-state index contributed by atoms with van der Waals surface area (Å²) in [5, 5.41) is 6.66. The first-order valence-corrected chi connectivity index (χ1v) is 7.02. The highest BCUT2D eigenvalue weighted by molar-refractivity contribution is 5.78. The fraction of sp³-hybridized carbons (Fsp3) is 0.929. The van der Waals surface area contributed by atoms with E-state index in [1.54, 1.807) is 0 Å². The first-order chi connectivity index (χ1) is 8.00. The molecule has 2 N–H and O–H groups in total. The molecule has 2 fully saturated rings. The lowest BCUT2D eigenvalue weighted by Crippen LogP contribution is -2.53. The quantitative estimate of drug-likeness (QED) is 0.786. The number of carbonyl (C=O) groups excluding carboxylic acids is 1. The van der Waals surface area contributed by atoms with Gasteiger partial charge in [-0.3, -0.25) is 4.79 Å². The molecule has 1 aliphatic carbocycles. The van der Waals surface area contributed by atoms with Crippen molar-refractivity contribution in [3.8, 4) is 0 Å². The average molecular weight is 238 g/mol. The van der Waals surface area contributed by atoms with Gasteiger partial charge in [0.1, 0.15) is 0 Å².